The Morgan fingerprint density at radius 2 is 2.05 bits per heavy atom. The van der Waals surface area contributed by atoms with Crippen LogP contribution in [0.4, 0.5) is 0 Å². The van der Waals surface area contributed by atoms with Crippen LogP contribution in [0, 0.1) is 0 Å². The third-order valence-electron chi connectivity index (χ3n) is 3.63. The van der Waals surface area contributed by atoms with Crippen molar-refractivity contribution in [3.63, 3.8) is 0 Å². The standard InChI is InChI=1S/C14H17N3O3S/c1-21(18,19)12-6-4-10(5-7-12)14-16-13(17-20-14)11-3-2-8-15-9-11/h4-7,11,15H,2-3,8-9H2,1H3. The highest BCUT2D eigenvalue weighted by atomic mass is 32.2. The van der Waals surface area contributed by atoms with Crippen LogP contribution in [0.15, 0.2) is 33.7 Å². The summed E-state index contributed by atoms with van der Waals surface area (Å²) in [5, 5.41) is 7.36. The van der Waals surface area contributed by atoms with Crippen molar-refractivity contribution in [2.45, 2.75) is 23.7 Å². The number of rotatable bonds is 3. The first-order valence-electron chi connectivity index (χ1n) is 6.89. The molecule has 112 valence electrons. The summed E-state index contributed by atoms with van der Waals surface area (Å²) >= 11 is 0. The van der Waals surface area contributed by atoms with Crippen molar-refractivity contribution >= 4 is 9.84 Å². The van der Waals surface area contributed by atoms with E-state index in [9.17, 15) is 8.42 Å². The second-order valence-corrected chi connectivity index (χ2v) is 7.31. The lowest BCUT2D eigenvalue weighted by atomic mass is 9.99. The van der Waals surface area contributed by atoms with Gasteiger partial charge < -0.3 is 9.84 Å². The van der Waals surface area contributed by atoms with Crippen LogP contribution in [0.1, 0.15) is 24.6 Å². The quantitative estimate of drug-likeness (QED) is 0.927. The fourth-order valence-electron chi connectivity index (χ4n) is 2.43. The Hall–Kier alpha value is -1.73. The van der Waals surface area contributed by atoms with Crippen LogP contribution < -0.4 is 5.32 Å². The van der Waals surface area contributed by atoms with Crippen molar-refractivity contribution in [3.8, 4) is 11.5 Å². The minimum Gasteiger partial charge on any atom is -0.334 e. The number of piperidine rings is 1. The van der Waals surface area contributed by atoms with Crippen LogP contribution >= 0.6 is 0 Å². The Morgan fingerprint density at radius 1 is 1.29 bits per heavy atom. The number of nitrogens with zero attached hydrogens (tertiary/aromatic N) is 2. The molecule has 0 radical (unpaired) electrons. The van der Waals surface area contributed by atoms with Crippen LogP contribution in [0.2, 0.25) is 0 Å². The zero-order valence-electron chi connectivity index (χ0n) is 11.7. The molecule has 2 heterocycles. The Kier molecular flexibility index (Phi) is 3.77. The first kappa shape index (κ1) is 14.2. The topological polar surface area (TPSA) is 85.1 Å². The van der Waals surface area contributed by atoms with Gasteiger partial charge in [0.05, 0.1) is 4.90 Å². The van der Waals surface area contributed by atoms with Gasteiger partial charge >= 0.3 is 0 Å². The molecule has 0 saturated carbocycles. The van der Waals surface area contributed by atoms with Crippen molar-refractivity contribution in [2.75, 3.05) is 19.3 Å². The van der Waals surface area contributed by atoms with E-state index in [4.69, 9.17) is 4.52 Å². The molecule has 1 aliphatic rings. The normalized spacial score (nSPS) is 19.6. The van der Waals surface area contributed by atoms with E-state index < -0.39 is 9.84 Å². The lowest BCUT2D eigenvalue weighted by Gasteiger charge is -2.19. The molecule has 6 nitrogen and oxygen atoms in total. The van der Waals surface area contributed by atoms with Crippen LogP contribution in [0.3, 0.4) is 0 Å². The molecule has 1 atom stereocenters. The highest BCUT2D eigenvalue weighted by molar-refractivity contribution is 7.90. The average Bonchev–Trinajstić information content (AvgIpc) is 2.97. The molecule has 1 aromatic heterocycles. The maximum atomic E-state index is 11.4. The summed E-state index contributed by atoms with van der Waals surface area (Å²) in [6, 6.07) is 6.48. The van der Waals surface area contributed by atoms with E-state index in [1.54, 1.807) is 24.3 Å². The SMILES string of the molecule is CS(=O)(=O)c1ccc(-c2nc(C3CCCNC3)no2)cc1. The monoisotopic (exact) mass is 307 g/mol. The van der Waals surface area contributed by atoms with Crippen LogP contribution in [0.5, 0.6) is 0 Å². The summed E-state index contributed by atoms with van der Waals surface area (Å²) in [4.78, 5) is 4.71. The number of sulfone groups is 1. The molecular weight excluding hydrogens is 290 g/mol. The molecule has 7 heteroatoms. The molecule has 0 amide bonds. The number of nitrogens with one attached hydrogen (secondary N) is 1. The van der Waals surface area contributed by atoms with E-state index in [0.717, 1.165) is 31.5 Å². The Balaban J connectivity index is 1.82. The van der Waals surface area contributed by atoms with E-state index >= 15 is 0 Å². The van der Waals surface area contributed by atoms with Crippen molar-refractivity contribution in [1.29, 1.82) is 0 Å². The zero-order valence-corrected chi connectivity index (χ0v) is 12.6. The van der Waals surface area contributed by atoms with E-state index in [1.807, 2.05) is 0 Å². The fraction of sp³-hybridized carbons (Fsp3) is 0.429. The van der Waals surface area contributed by atoms with Crippen molar-refractivity contribution < 1.29 is 12.9 Å². The molecule has 1 saturated heterocycles. The Labute approximate surface area is 123 Å². The van der Waals surface area contributed by atoms with Gasteiger partial charge in [-0.15, -0.1) is 0 Å². The number of hydrogen-bond donors (Lipinski definition) is 1. The molecule has 1 unspecified atom stereocenters. The molecule has 1 aliphatic heterocycles. The maximum Gasteiger partial charge on any atom is 0.257 e. The molecule has 3 rings (SSSR count). The van der Waals surface area contributed by atoms with Crippen LogP contribution in [0.25, 0.3) is 11.5 Å². The second-order valence-electron chi connectivity index (χ2n) is 5.30. The molecular formula is C14H17N3O3S. The summed E-state index contributed by atoms with van der Waals surface area (Å²) in [7, 11) is -3.19. The van der Waals surface area contributed by atoms with E-state index in [0.29, 0.717) is 11.7 Å². The third-order valence-corrected chi connectivity index (χ3v) is 4.76. The number of hydrogen-bond acceptors (Lipinski definition) is 6. The van der Waals surface area contributed by atoms with Gasteiger partial charge in [0.25, 0.3) is 5.89 Å². The summed E-state index contributed by atoms with van der Waals surface area (Å²) in [6.45, 7) is 1.90. The fourth-order valence-corrected chi connectivity index (χ4v) is 3.07. The predicted molar refractivity (Wildman–Crippen MR) is 77.7 cm³/mol. The summed E-state index contributed by atoms with van der Waals surface area (Å²) in [5.41, 5.74) is 0.727. The summed E-state index contributed by atoms with van der Waals surface area (Å²) < 4.78 is 28.2. The molecule has 2 aromatic rings. The minimum absolute atomic E-state index is 0.280. The van der Waals surface area contributed by atoms with Gasteiger partial charge in [0.2, 0.25) is 0 Å². The van der Waals surface area contributed by atoms with Gasteiger partial charge in [0.1, 0.15) is 0 Å². The lowest BCUT2D eigenvalue weighted by molar-refractivity contribution is 0.393. The van der Waals surface area contributed by atoms with Crippen molar-refractivity contribution in [2.24, 2.45) is 0 Å². The van der Waals surface area contributed by atoms with Gasteiger partial charge in [-0.05, 0) is 43.7 Å². The second kappa shape index (κ2) is 5.57. The maximum absolute atomic E-state index is 11.4. The van der Waals surface area contributed by atoms with Gasteiger partial charge in [-0.2, -0.15) is 4.98 Å². The van der Waals surface area contributed by atoms with Gasteiger partial charge in [0, 0.05) is 24.3 Å². The summed E-state index contributed by atoms with van der Waals surface area (Å²) in [6.07, 6.45) is 3.35. The minimum atomic E-state index is -3.19. The Morgan fingerprint density at radius 3 is 2.67 bits per heavy atom. The third kappa shape index (κ3) is 3.14. The van der Waals surface area contributed by atoms with Gasteiger partial charge in [0.15, 0.2) is 15.7 Å². The first-order valence-corrected chi connectivity index (χ1v) is 8.78. The van der Waals surface area contributed by atoms with Gasteiger partial charge in [-0.3, -0.25) is 0 Å². The van der Waals surface area contributed by atoms with E-state index in [1.165, 1.54) is 6.26 Å². The average molecular weight is 307 g/mol. The Bertz CT molecular complexity index is 716. The van der Waals surface area contributed by atoms with Crippen LogP contribution in [-0.2, 0) is 9.84 Å². The first-order chi connectivity index (χ1) is 10.0. The summed E-state index contributed by atoms with van der Waals surface area (Å²) in [5.74, 6) is 1.42. The van der Waals surface area contributed by atoms with E-state index in [-0.39, 0.29) is 10.8 Å². The molecule has 0 spiro atoms. The van der Waals surface area contributed by atoms with Crippen LogP contribution in [-0.4, -0.2) is 37.9 Å². The molecule has 1 N–H and O–H groups in total. The molecule has 21 heavy (non-hydrogen) atoms. The van der Waals surface area contributed by atoms with E-state index in [2.05, 4.69) is 15.5 Å². The number of aromatic nitrogens is 2. The highest BCUT2D eigenvalue weighted by Crippen LogP contribution is 2.25. The van der Waals surface area contributed by atoms with Crippen molar-refractivity contribution in [1.82, 2.24) is 15.5 Å². The predicted octanol–water partition coefficient (Wildman–Crippen LogP) is 1.61. The molecule has 0 bridgehead atoms. The smallest absolute Gasteiger partial charge is 0.257 e. The molecule has 1 aromatic carbocycles. The van der Waals surface area contributed by atoms with Gasteiger partial charge in [-0.25, -0.2) is 8.42 Å². The molecule has 1 fully saturated rings. The van der Waals surface area contributed by atoms with Gasteiger partial charge in [-0.1, -0.05) is 5.16 Å². The highest BCUT2D eigenvalue weighted by Gasteiger charge is 2.21. The largest absolute Gasteiger partial charge is 0.334 e. The zero-order chi connectivity index (χ0) is 14.9. The van der Waals surface area contributed by atoms with Crippen molar-refractivity contribution in [3.05, 3.63) is 30.1 Å². The number of benzene rings is 1. The molecule has 0 aliphatic carbocycles. The lowest BCUT2D eigenvalue weighted by Crippen LogP contribution is -2.28.